The molecule has 0 spiro atoms. The van der Waals surface area contributed by atoms with Crippen molar-refractivity contribution in [2.24, 2.45) is 5.92 Å². The number of likely N-dealkylation sites (tertiary alicyclic amines) is 1. The van der Waals surface area contributed by atoms with Crippen molar-refractivity contribution in [2.45, 2.75) is 6.42 Å². The fourth-order valence-corrected chi connectivity index (χ4v) is 2.63. The number of carboxylic acid groups (broad SMARTS) is 1. The lowest BCUT2D eigenvalue weighted by Gasteiger charge is -2.15. The molecule has 0 radical (unpaired) electrons. The predicted molar refractivity (Wildman–Crippen MR) is 75.6 cm³/mol. The summed E-state index contributed by atoms with van der Waals surface area (Å²) in [4.78, 5) is 25.0. The molecule has 2 N–H and O–H groups in total. The predicted octanol–water partition coefficient (Wildman–Crippen LogP) is 1.76. The molecule has 6 nitrogen and oxygen atoms in total. The van der Waals surface area contributed by atoms with Gasteiger partial charge in [-0.3, -0.25) is 14.7 Å². The molecule has 2 heterocycles. The fourth-order valence-electron chi connectivity index (χ4n) is 2.63. The van der Waals surface area contributed by atoms with E-state index in [1.807, 2.05) is 0 Å². The Bertz CT molecular complexity index is 728. The molecule has 0 bridgehead atoms. The van der Waals surface area contributed by atoms with Gasteiger partial charge >= 0.3 is 5.97 Å². The van der Waals surface area contributed by atoms with Gasteiger partial charge in [-0.2, -0.15) is 5.10 Å². The topological polar surface area (TPSA) is 86.3 Å². The molecule has 1 saturated heterocycles. The van der Waals surface area contributed by atoms with Crippen LogP contribution in [0.15, 0.2) is 30.5 Å². The molecule has 1 aromatic heterocycles. The van der Waals surface area contributed by atoms with Crippen LogP contribution in [-0.2, 0) is 4.79 Å². The summed E-state index contributed by atoms with van der Waals surface area (Å²) in [7, 11) is 0. The molecule has 1 aliphatic rings. The van der Waals surface area contributed by atoms with Gasteiger partial charge in [0.1, 0.15) is 5.82 Å². The van der Waals surface area contributed by atoms with Crippen LogP contribution < -0.4 is 0 Å². The van der Waals surface area contributed by atoms with Gasteiger partial charge in [0, 0.05) is 18.7 Å². The van der Waals surface area contributed by atoms with Crippen molar-refractivity contribution in [1.82, 2.24) is 15.1 Å². The van der Waals surface area contributed by atoms with Crippen LogP contribution in [0, 0.1) is 11.7 Å². The maximum Gasteiger partial charge on any atom is 0.308 e. The minimum Gasteiger partial charge on any atom is -0.481 e. The van der Waals surface area contributed by atoms with E-state index in [9.17, 15) is 14.0 Å². The van der Waals surface area contributed by atoms with E-state index in [1.54, 1.807) is 18.2 Å². The molecule has 2 aromatic rings. The monoisotopic (exact) mass is 303 g/mol. The first-order valence-electron chi connectivity index (χ1n) is 6.88. The molecule has 22 heavy (non-hydrogen) atoms. The lowest BCUT2D eigenvalue weighted by molar-refractivity contribution is -0.141. The summed E-state index contributed by atoms with van der Waals surface area (Å²) in [6, 6.07) is 6.10. The molecule has 1 atom stereocenters. The van der Waals surface area contributed by atoms with E-state index >= 15 is 0 Å². The number of hydrogen-bond donors (Lipinski definition) is 2. The van der Waals surface area contributed by atoms with Crippen LogP contribution in [0.25, 0.3) is 11.3 Å². The van der Waals surface area contributed by atoms with Gasteiger partial charge in [-0.05, 0) is 18.6 Å². The Labute approximate surface area is 125 Å². The average Bonchev–Trinajstić information content (AvgIpc) is 3.16. The van der Waals surface area contributed by atoms with Crippen LogP contribution >= 0.6 is 0 Å². The number of halogens is 1. The fraction of sp³-hybridized carbons (Fsp3) is 0.267. The standard InChI is InChI=1S/C15H14FN3O3/c16-12-4-2-1-3-10(12)13-11(7-17-18-13)14(20)19-6-5-9(8-19)15(21)22/h1-4,7,9H,5-6,8H2,(H,17,18)(H,21,22). The molecular weight excluding hydrogens is 289 g/mol. The van der Waals surface area contributed by atoms with Crippen LogP contribution in [-0.4, -0.2) is 45.2 Å². The Balaban J connectivity index is 1.88. The summed E-state index contributed by atoms with van der Waals surface area (Å²) in [5.41, 5.74) is 0.815. The summed E-state index contributed by atoms with van der Waals surface area (Å²) >= 11 is 0. The average molecular weight is 303 g/mol. The molecule has 7 heteroatoms. The number of benzene rings is 1. The summed E-state index contributed by atoms with van der Waals surface area (Å²) in [5.74, 6) is -2.24. The van der Waals surface area contributed by atoms with Gasteiger partial charge in [0.15, 0.2) is 0 Å². The van der Waals surface area contributed by atoms with E-state index in [4.69, 9.17) is 5.11 Å². The zero-order valence-corrected chi connectivity index (χ0v) is 11.6. The maximum absolute atomic E-state index is 13.9. The summed E-state index contributed by atoms with van der Waals surface area (Å²) in [6.45, 7) is 0.535. The van der Waals surface area contributed by atoms with Gasteiger partial charge in [-0.15, -0.1) is 0 Å². The van der Waals surface area contributed by atoms with Crippen LogP contribution in [0.3, 0.4) is 0 Å². The van der Waals surface area contributed by atoms with Gasteiger partial charge in [-0.1, -0.05) is 12.1 Å². The number of H-pyrrole nitrogens is 1. The Hall–Kier alpha value is -2.70. The van der Waals surface area contributed by atoms with Crippen molar-refractivity contribution in [3.63, 3.8) is 0 Å². The van der Waals surface area contributed by atoms with Gasteiger partial charge < -0.3 is 10.0 Å². The van der Waals surface area contributed by atoms with Crippen molar-refractivity contribution in [2.75, 3.05) is 13.1 Å². The molecule has 0 aliphatic carbocycles. The van der Waals surface area contributed by atoms with E-state index < -0.39 is 17.7 Å². The quantitative estimate of drug-likeness (QED) is 0.904. The SMILES string of the molecule is O=C(O)C1CCN(C(=O)c2cn[nH]c2-c2ccccc2F)C1. The highest BCUT2D eigenvalue weighted by Crippen LogP contribution is 2.26. The van der Waals surface area contributed by atoms with Crippen LogP contribution in [0.5, 0.6) is 0 Å². The minimum absolute atomic E-state index is 0.163. The number of aromatic nitrogens is 2. The Morgan fingerprint density at radius 3 is 2.82 bits per heavy atom. The highest BCUT2D eigenvalue weighted by molar-refractivity contribution is 6.00. The molecule has 1 unspecified atom stereocenters. The molecular formula is C15H14FN3O3. The summed E-state index contributed by atoms with van der Waals surface area (Å²) in [6.07, 6.45) is 1.77. The number of aromatic amines is 1. The molecule has 0 saturated carbocycles. The Kier molecular flexibility index (Phi) is 3.62. The summed E-state index contributed by atoms with van der Waals surface area (Å²) < 4.78 is 13.9. The van der Waals surface area contributed by atoms with Crippen molar-refractivity contribution in [1.29, 1.82) is 0 Å². The number of nitrogens with zero attached hydrogens (tertiary/aromatic N) is 2. The van der Waals surface area contributed by atoms with Gasteiger partial charge in [-0.25, -0.2) is 4.39 Å². The van der Waals surface area contributed by atoms with E-state index in [2.05, 4.69) is 10.2 Å². The number of hydrogen-bond acceptors (Lipinski definition) is 3. The second-order valence-electron chi connectivity index (χ2n) is 5.21. The van der Waals surface area contributed by atoms with Gasteiger partial charge in [0.05, 0.1) is 23.4 Å². The van der Waals surface area contributed by atoms with Crippen molar-refractivity contribution >= 4 is 11.9 Å². The maximum atomic E-state index is 13.9. The molecule has 114 valence electrons. The van der Waals surface area contributed by atoms with E-state index in [0.29, 0.717) is 18.7 Å². The highest BCUT2D eigenvalue weighted by Gasteiger charge is 2.32. The largest absolute Gasteiger partial charge is 0.481 e. The van der Waals surface area contributed by atoms with E-state index in [0.717, 1.165) is 0 Å². The van der Waals surface area contributed by atoms with Gasteiger partial charge in [0.25, 0.3) is 5.91 Å². The number of carbonyl (C=O) groups excluding carboxylic acids is 1. The first-order valence-corrected chi connectivity index (χ1v) is 6.88. The molecule has 1 amide bonds. The second-order valence-corrected chi connectivity index (χ2v) is 5.21. The number of carbonyl (C=O) groups is 2. The third-order valence-corrected chi connectivity index (χ3v) is 3.84. The molecule has 1 aliphatic heterocycles. The number of carboxylic acids is 1. The minimum atomic E-state index is -0.906. The van der Waals surface area contributed by atoms with Crippen LogP contribution in [0.2, 0.25) is 0 Å². The zero-order valence-electron chi connectivity index (χ0n) is 11.6. The third kappa shape index (κ3) is 2.45. The Morgan fingerprint density at radius 1 is 1.36 bits per heavy atom. The zero-order chi connectivity index (χ0) is 15.7. The lowest BCUT2D eigenvalue weighted by Crippen LogP contribution is -2.30. The lowest BCUT2D eigenvalue weighted by atomic mass is 10.1. The second kappa shape index (κ2) is 5.59. The summed E-state index contributed by atoms with van der Waals surface area (Å²) in [5, 5.41) is 15.5. The van der Waals surface area contributed by atoms with Gasteiger partial charge in [0.2, 0.25) is 0 Å². The first-order chi connectivity index (χ1) is 10.6. The van der Waals surface area contributed by atoms with E-state index in [-0.39, 0.29) is 23.6 Å². The number of aliphatic carboxylic acids is 1. The van der Waals surface area contributed by atoms with Crippen molar-refractivity contribution in [3.8, 4) is 11.3 Å². The third-order valence-electron chi connectivity index (χ3n) is 3.84. The van der Waals surface area contributed by atoms with Crippen molar-refractivity contribution < 1.29 is 19.1 Å². The Morgan fingerprint density at radius 2 is 2.14 bits per heavy atom. The number of nitrogens with one attached hydrogen (secondary N) is 1. The number of amides is 1. The molecule has 3 rings (SSSR count). The smallest absolute Gasteiger partial charge is 0.308 e. The molecule has 1 aromatic carbocycles. The van der Waals surface area contributed by atoms with Crippen LogP contribution in [0.4, 0.5) is 4.39 Å². The highest BCUT2D eigenvalue weighted by atomic mass is 19.1. The normalized spacial score (nSPS) is 17.7. The molecule has 1 fully saturated rings. The first kappa shape index (κ1) is 14.2. The van der Waals surface area contributed by atoms with Crippen LogP contribution in [0.1, 0.15) is 16.8 Å². The number of rotatable bonds is 3. The van der Waals surface area contributed by atoms with E-state index in [1.165, 1.54) is 17.2 Å². The van der Waals surface area contributed by atoms with Crippen molar-refractivity contribution in [3.05, 3.63) is 41.8 Å².